The van der Waals surface area contributed by atoms with Gasteiger partial charge in [0.15, 0.2) is 23.0 Å². The lowest BCUT2D eigenvalue weighted by Gasteiger charge is -2.17. The van der Waals surface area contributed by atoms with Gasteiger partial charge < -0.3 is 15.0 Å². The third kappa shape index (κ3) is 4.40. The van der Waals surface area contributed by atoms with Crippen LogP contribution in [-0.2, 0) is 7.05 Å². The Kier molecular flexibility index (Phi) is 5.66. The minimum Gasteiger partial charge on any atom is -0.450 e. The second-order valence-corrected chi connectivity index (χ2v) is 7.19. The Bertz CT molecular complexity index is 1190. The molecule has 0 aliphatic carbocycles. The molecule has 1 fully saturated rings. The summed E-state index contributed by atoms with van der Waals surface area (Å²) in [6.07, 6.45) is 3.22. The molecule has 4 rings (SSSR count). The van der Waals surface area contributed by atoms with Crippen molar-refractivity contribution >= 4 is 17.3 Å². The van der Waals surface area contributed by atoms with Crippen LogP contribution in [0.25, 0.3) is 0 Å². The van der Waals surface area contributed by atoms with Crippen molar-refractivity contribution in [3.63, 3.8) is 0 Å². The molecule has 0 spiro atoms. The summed E-state index contributed by atoms with van der Waals surface area (Å²) in [5, 5.41) is 6.86. The van der Waals surface area contributed by atoms with Crippen LogP contribution < -0.4 is 15.6 Å². The molecule has 0 bridgehead atoms. The predicted molar refractivity (Wildman–Crippen MR) is 111 cm³/mol. The molecule has 9 heteroatoms. The molecule has 1 aliphatic rings. The molecule has 31 heavy (non-hydrogen) atoms. The van der Waals surface area contributed by atoms with Crippen LogP contribution in [0.1, 0.15) is 23.2 Å². The molecule has 7 nitrogen and oxygen atoms in total. The number of ether oxygens (including phenoxy) is 1. The highest BCUT2D eigenvalue weighted by Gasteiger charge is 2.20. The highest BCUT2D eigenvalue weighted by Crippen LogP contribution is 2.30. The van der Waals surface area contributed by atoms with Crippen LogP contribution in [0.5, 0.6) is 11.5 Å². The molecule has 1 N–H and O–H groups in total. The van der Waals surface area contributed by atoms with E-state index in [9.17, 15) is 18.4 Å². The molecule has 1 aliphatic heterocycles. The summed E-state index contributed by atoms with van der Waals surface area (Å²) < 4.78 is 33.8. The molecular formula is C22H20F2N4O3. The van der Waals surface area contributed by atoms with Gasteiger partial charge in [0.05, 0.1) is 6.20 Å². The second kappa shape index (κ2) is 8.55. The molecule has 2 aromatic carbocycles. The molecule has 160 valence electrons. The van der Waals surface area contributed by atoms with Gasteiger partial charge in [-0.05, 0) is 43.2 Å². The SMILES string of the molecule is Cn1ncc(Oc2ccc(F)cc2F)c(Nc2cccc(C(=O)N3CCCC3)c2)c1=O. The van der Waals surface area contributed by atoms with E-state index in [0.717, 1.165) is 42.7 Å². The van der Waals surface area contributed by atoms with Gasteiger partial charge in [0.25, 0.3) is 11.5 Å². The van der Waals surface area contributed by atoms with Crippen molar-refractivity contribution < 1.29 is 18.3 Å². The average molecular weight is 426 g/mol. The zero-order chi connectivity index (χ0) is 22.0. The fraction of sp³-hybridized carbons (Fsp3) is 0.227. The Morgan fingerprint density at radius 2 is 1.87 bits per heavy atom. The molecule has 0 atom stereocenters. The number of anilines is 2. The highest BCUT2D eigenvalue weighted by molar-refractivity contribution is 5.95. The first-order valence-electron chi connectivity index (χ1n) is 9.78. The van der Waals surface area contributed by atoms with Crippen LogP contribution in [-0.4, -0.2) is 33.7 Å². The number of amides is 1. The summed E-state index contributed by atoms with van der Waals surface area (Å²) >= 11 is 0. The van der Waals surface area contributed by atoms with Crippen molar-refractivity contribution in [1.82, 2.24) is 14.7 Å². The number of likely N-dealkylation sites (tertiary alicyclic amines) is 1. The number of nitrogens with zero attached hydrogens (tertiary/aromatic N) is 3. The smallest absolute Gasteiger partial charge is 0.294 e. The summed E-state index contributed by atoms with van der Waals surface area (Å²) in [5.74, 6) is -2.02. The van der Waals surface area contributed by atoms with Crippen LogP contribution in [0.2, 0.25) is 0 Å². The minimum atomic E-state index is -0.912. The summed E-state index contributed by atoms with van der Waals surface area (Å²) in [6, 6.07) is 9.62. The minimum absolute atomic E-state index is 0.00648. The monoisotopic (exact) mass is 426 g/mol. The van der Waals surface area contributed by atoms with E-state index in [0.29, 0.717) is 17.3 Å². The molecule has 1 aromatic heterocycles. The van der Waals surface area contributed by atoms with E-state index in [-0.39, 0.29) is 23.1 Å². The van der Waals surface area contributed by atoms with Crippen molar-refractivity contribution in [3.8, 4) is 11.5 Å². The largest absolute Gasteiger partial charge is 0.450 e. The standard InChI is InChI=1S/C22H20F2N4O3/c1-27-22(30)20(19(13-25-27)31-18-8-7-15(23)12-17(18)24)26-16-6-4-5-14(11-16)21(29)28-9-2-3-10-28/h4-8,11-13,26H,2-3,9-10H2,1H3. The maximum Gasteiger partial charge on any atom is 0.294 e. The highest BCUT2D eigenvalue weighted by atomic mass is 19.1. The molecule has 3 aromatic rings. The summed E-state index contributed by atoms with van der Waals surface area (Å²) in [7, 11) is 1.46. The van der Waals surface area contributed by atoms with Crippen LogP contribution in [0, 0.1) is 11.6 Å². The number of aromatic nitrogens is 2. The maximum absolute atomic E-state index is 14.0. The lowest BCUT2D eigenvalue weighted by atomic mass is 10.1. The molecule has 1 amide bonds. The molecular weight excluding hydrogens is 406 g/mol. The van der Waals surface area contributed by atoms with Crippen LogP contribution in [0.3, 0.4) is 0 Å². The second-order valence-electron chi connectivity index (χ2n) is 7.19. The maximum atomic E-state index is 14.0. The Labute approximate surface area is 176 Å². The van der Waals surface area contributed by atoms with E-state index in [1.54, 1.807) is 29.2 Å². The van der Waals surface area contributed by atoms with Crippen molar-refractivity contribution in [1.29, 1.82) is 0 Å². The summed E-state index contributed by atoms with van der Waals surface area (Å²) in [4.78, 5) is 27.1. The fourth-order valence-corrected chi connectivity index (χ4v) is 3.37. The number of rotatable bonds is 5. The van der Waals surface area contributed by atoms with Gasteiger partial charge in [-0.25, -0.2) is 13.5 Å². The van der Waals surface area contributed by atoms with Crippen molar-refractivity contribution in [2.45, 2.75) is 12.8 Å². The Hall–Kier alpha value is -3.75. The molecule has 0 radical (unpaired) electrons. The zero-order valence-corrected chi connectivity index (χ0v) is 16.8. The number of benzene rings is 2. The lowest BCUT2D eigenvalue weighted by Crippen LogP contribution is -2.27. The van der Waals surface area contributed by atoms with Crippen LogP contribution in [0.15, 0.2) is 53.5 Å². The van der Waals surface area contributed by atoms with Gasteiger partial charge in [-0.2, -0.15) is 5.10 Å². The van der Waals surface area contributed by atoms with Gasteiger partial charge >= 0.3 is 0 Å². The number of halogens is 2. The van der Waals surface area contributed by atoms with Gasteiger partial charge in [-0.3, -0.25) is 9.59 Å². The topological polar surface area (TPSA) is 76.5 Å². The third-order valence-corrected chi connectivity index (χ3v) is 4.99. The van der Waals surface area contributed by atoms with E-state index in [1.165, 1.54) is 13.2 Å². The van der Waals surface area contributed by atoms with Gasteiger partial charge in [-0.15, -0.1) is 0 Å². The number of carbonyl (C=O) groups is 1. The van der Waals surface area contributed by atoms with Gasteiger partial charge in [0, 0.05) is 37.5 Å². The molecule has 1 saturated heterocycles. The fourth-order valence-electron chi connectivity index (χ4n) is 3.37. The first-order valence-corrected chi connectivity index (χ1v) is 9.78. The summed E-state index contributed by atoms with van der Waals surface area (Å²) in [5.41, 5.74) is 0.464. The van der Waals surface area contributed by atoms with Crippen molar-refractivity contribution in [2.75, 3.05) is 18.4 Å². The van der Waals surface area contributed by atoms with Gasteiger partial charge in [-0.1, -0.05) is 6.07 Å². The number of nitrogens with one attached hydrogen (secondary N) is 1. The zero-order valence-electron chi connectivity index (χ0n) is 16.8. The van der Waals surface area contributed by atoms with E-state index >= 15 is 0 Å². The van der Waals surface area contributed by atoms with Gasteiger partial charge in [0.2, 0.25) is 0 Å². The molecule has 0 unspecified atom stereocenters. The van der Waals surface area contributed by atoms with Crippen molar-refractivity contribution in [3.05, 3.63) is 76.2 Å². The molecule has 0 saturated carbocycles. The van der Waals surface area contributed by atoms with E-state index < -0.39 is 17.2 Å². The number of carbonyl (C=O) groups excluding carboxylic acids is 1. The lowest BCUT2D eigenvalue weighted by molar-refractivity contribution is 0.0793. The molecule has 2 heterocycles. The van der Waals surface area contributed by atoms with E-state index in [2.05, 4.69) is 10.4 Å². The first-order chi connectivity index (χ1) is 14.9. The quantitative estimate of drug-likeness (QED) is 0.671. The van der Waals surface area contributed by atoms with Crippen LogP contribution >= 0.6 is 0 Å². The average Bonchev–Trinajstić information content (AvgIpc) is 3.29. The number of hydrogen-bond donors (Lipinski definition) is 1. The number of hydrogen-bond acceptors (Lipinski definition) is 5. The third-order valence-electron chi connectivity index (χ3n) is 4.99. The number of aryl methyl sites for hydroxylation is 1. The van der Waals surface area contributed by atoms with E-state index in [4.69, 9.17) is 4.74 Å². The Morgan fingerprint density at radius 3 is 2.61 bits per heavy atom. The Balaban J connectivity index is 1.65. The first kappa shape index (κ1) is 20.5. The van der Waals surface area contributed by atoms with Crippen LogP contribution in [0.4, 0.5) is 20.2 Å². The summed E-state index contributed by atoms with van der Waals surface area (Å²) in [6.45, 7) is 1.45. The normalized spacial score (nSPS) is 13.3. The Morgan fingerprint density at radius 1 is 1.10 bits per heavy atom. The predicted octanol–water partition coefficient (Wildman–Crippen LogP) is 3.83. The van der Waals surface area contributed by atoms with Gasteiger partial charge in [0.1, 0.15) is 5.82 Å². The van der Waals surface area contributed by atoms with Crippen molar-refractivity contribution in [2.24, 2.45) is 7.05 Å². The van der Waals surface area contributed by atoms with E-state index in [1.807, 2.05) is 0 Å².